The van der Waals surface area contributed by atoms with Crippen LogP contribution in [0.5, 0.6) is 0 Å². The molecule has 3 aromatic carbocycles. The highest BCUT2D eigenvalue weighted by molar-refractivity contribution is 6.06. The van der Waals surface area contributed by atoms with E-state index in [1.54, 1.807) is 4.90 Å². The number of benzene rings is 3. The first-order valence-electron chi connectivity index (χ1n) is 8.06. The van der Waals surface area contributed by atoms with E-state index >= 15 is 0 Å². The normalized spacial score (nSPS) is 10.6. The van der Waals surface area contributed by atoms with E-state index in [9.17, 15) is 4.79 Å². The van der Waals surface area contributed by atoms with Crippen molar-refractivity contribution in [2.75, 3.05) is 26.0 Å². The zero-order chi connectivity index (χ0) is 17.1. The van der Waals surface area contributed by atoms with Crippen molar-refractivity contribution >= 4 is 22.4 Å². The molecule has 0 aliphatic heterocycles. The highest BCUT2D eigenvalue weighted by atomic mass is 16.2. The second-order valence-electron chi connectivity index (χ2n) is 6.25. The van der Waals surface area contributed by atoms with Crippen molar-refractivity contribution in [3.05, 3.63) is 77.9 Å². The minimum atomic E-state index is 0.0449. The van der Waals surface area contributed by atoms with E-state index in [0.717, 1.165) is 27.6 Å². The van der Waals surface area contributed by atoms with E-state index in [2.05, 4.69) is 29.2 Å². The molecule has 1 amide bonds. The molecule has 3 aromatic rings. The van der Waals surface area contributed by atoms with Gasteiger partial charge in [-0.3, -0.25) is 4.79 Å². The highest BCUT2D eigenvalue weighted by Crippen LogP contribution is 2.21. The molecule has 0 atom stereocenters. The van der Waals surface area contributed by atoms with Gasteiger partial charge in [0.05, 0.1) is 0 Å². The molecule has 0 bridgehead atoms. The van der Waals surface area contributed by atoms with Crippen LogP contribution in [-0.4, -0.2) is 32.0 Å². The average molecular weight is 318 g/mol. The Kier molecular flexibility index (Phi) is 4.52. The summed E-state index contributed by atoms with van der Waals surface area (Å²) in [7, 11) is 5.89. The molecule has 3 nitrogen and oxygen atoms in total. The third-order valence-electron chi connectivity index (χ3n) is 4.24. The van der Waals surface area contributed by atoms with Gasteiger partial charge in [0.15, 0.2) is 0 Å². The molecule has 24 heavy (non-hydrogen) atoms. The van der Waals surface area contributed by atoms with E-state index in [4.69, 9.17) is 0 Å². The Morgan fingerprint density at radius 3 is 2.21 bits per heavy atom. The van der Waals surface area contributed by atoms with E-state index in [1.807, 2.05) is 63.6 Å². The Bertz CT molecular complexity index is 848. The van der Waals surface area contributed by atoms with Crippen LogP contribution >= 0.6 is 0 Å². The molecule has 0 aliphatic carbocycles. The molecular formula is C21H22N2O. The topological polar surface area (TPSA) is 23.6 Å². The van der Waals surface area contributed by atoms with Gasteiger partial charge in [0, 0.05) is 38.9 Å². The number of hydrogen-bond donors (Lipinski definition) is 0. The second-order valence-corrected chi connectivity index (χ2v) is 6.25. The fourth-order valence-electron chi connectivity index (χ4n) is 2.86. The predicted octanol–water partition coefficient (Wildman–Crippen LogP) is 4.18. The highest BCUT2D eigenvalue weighted by Gasteiger charge is 2.14. The van der Waals surface area contributed by atoms with Gasteiger partial charge in [-0.25, -0.2) is 0 Å². The quantitative estimate of drug-likeness (QED) is 0.720. The van der Waals surface area contributed by atoms with E-state index in [1.165, 1.54) is 0 Å². The number of fused-ring (bicyclic) bond motifs is 1. The number of nitrogens with zero attached hydrogens (tertiary/aromatic N) is 2. The van der Waals surface area contributed by atoms with E-state index in [0.29, 0.717) is 6.54 Å². The molecule has 122 valence electrons. The monoisotopic (exact) mass is 318 g/mol. The van der Waals surface area contributed by atoms with Crippen LogP contribution in [0.3, 0.4) is 0 Å². The minimum absolute atomic E-state index is 0.0449. The fourth-order valence-corrected chi connectivity index (χ4v) is 2.86. The summed E-state index contributed by atoms with van der Waals surface area (Å²) in [6, 6.07) is 22.2. The number of hydrogen-bond acceptors (Lipinski definition) is 2. The number of rotatable bonds is 4. The maximum Gasteiger partial charge on any atom is 0.254 e. The number of anilines is 1. The molecule has 0 aliphatic rings. The third kappa shape index (κ3) is 3.25. The van der Waals surface area contributed by atoms with E-state index in [-0.39, 0.29) is 5.91 Å². The summed E-state index contributed by atoms with van der Waals surface area (Å²) in [5, 5.41) is 2.09. The molecule has 0 saturated heterocycles. The van der Waals surface area contributed by atoms with Gasteiger partial charge in [0.25, 0.3) is 5.91 Å². The molecule has 3 heteroatoms. The van der Waals surface area contributed by atoms with Gasteiger partial charge in [-0.05, 0) is 34.5 Å². The van der Waals surface area contributed by atoms with Crippen LogP contribution in [0.1, 0.15) is 15.9 Å². The second kappa shape index (κ2) is 6.75. The number of carbonyl (C=O) groups excluding carboxylic acids is 1. The lowest BCUT2D eigenvalue weighted by molar-refractivity contribution is 0.0787. The van der Waals surface area contributed by atoms with Crippen molar-refractivity contribution in [1.82, 2.24) is 4.90 Å². The lowest BCUT2D eigenvalue weighted by Crippen LogP contribution is -2.26. The van der Waals surface area contributed by atoms with Gasteiger partial charge < -0.3 is 9.80 Å². The Balaban J connectivity index is 1.81. The van der Waals surface area contributed by atoms with Crippen molar-refractivity contribution in [2.45, 2.75) is 6.54 Å². The van der Waals surface area contributed by atoms with Crippen molar-refractivity contribution in [2.24, 2.45) is 0 Å². The summed E-state index contributed by atoms with van der Waals surface area (Å²) in [6.07, 6.45) is 0. The first-order chi connectivity index (χ1) is 11.6. The summed E-state index contributed by atoms with van der Waals surface area (Å²) in [5.74, 6) is 0.0449. The fraction of sp³-hybridized carbons (Fsp3) is 0.190. The Hall–Kier alpha value is -2.81. The van der Waals surface area contributed by atoms with Crippen molar-refractivity contribution in [1.29, 1.82) is 0 Å². The van der Waals surface area contributed by atoms with Gasteiger partial charge in [0.1, 0.15) is 0 Å². The maximum atomic E-state index is 12.9. The molecule has 0 aromatic heterocycles. The van der Waals surface area contributed by atoms with Gasteiger partial charge in [-0.2, -0.15) is 0 Å². The van der Waals surface area contributed by atoms with Gasteiger partial charge >= 0.3 is 0 Å². The summed E-state index contributed by atoms with van der Waals surface area (Å²) in [6.45, 7) is 0.593. The molecule has 0 spiro atoms. The predicted molar refractivity (Wildman–Crippen MR) is 101 cm³/mol. The van der Waals surface area contributed by atoms with Crippen LogP contribution in [0, 0.1) is 0 Å². The number of carbonyl (C=O) groups is 1. The number of amides is 1. The summed E-state index contributed by atoms with van der Waals surface area (Å²) >= 11 is 0. The SMILES string of the molecule is CN(Cc1ccc(N(C)C)cc1)C(=O)c1cccc2ccccc12. The molecule has 0 unspecified atom stereocenters. The third-order valence-corrected chi connectivity index (χ3v) is 4.24. The lowest BCUT2D eigenvalue weighted by atomic mass is 10.0. The van der Waals surface area contributed by atoms with Crippen molar-refractivity contribution in [3.63, 3.8) is 0 Å². The van der Waals surface area contributed by atoms with Crippen molar-refractivity contribution < 1.29 is 4.79 Å². The zero-order valence-corrected chi connectivity index (χ0v) is 14.4. The first-order valence-corrected chi connectivity index (χ1v) is 8.06. The standard InChI is InChI=1S/C21H22N2O/c1-22(2)18-13-11-16(12-14-18)15-23(3)21(24)20-10-6-8-17-7-4-5-9-19(17)20/h4-14H,15H2,1-3H3. The van der Waals surface area contributed by atoms with Gasteiger partial charge in [-0.15, -0.1) is 0 Å². The van der Waals surface area contributed by atoms with Gasteiger partial charge in [-0.1, -0.05) is 48.5 Å². The van der Waals surface area contributed by atoms with Crippen LogP contribution in [0.15, 0.2) is 66.7 Å². The Labute approximate surface area is 143 Å². The maximum absolute atomic E-state index is 12.9. The lowest BCUT2D eigenvalue weighted by Gasteiger charge is -2.19. The summed E-state index contributed by atoms with van der Waals surface area (Å²) < 4.78 is 0. The summed E-state index contributed by atoms with van der Waals surface area (Å²) in [4.78, 5) is 16.7. The van der Waals surface area contributed by atoms with Crippen LogP contribution in [0.4, 0.5) is 5.69 Å². The molecular weight excluding hydrogens is 296 g/mol. The van der Waals surface area contributed by atoms with Crippen molar-refractivity contribution in [3.8, 4) is 0 Å². The molecule has 0 saturated carbocycles. The van der Waals surface area contributed by atoms with Crippen LogP contribution in [0.25, 0.3) is 10.8 Å². The minimum Gasteiger partial charge on any atom is -0.378 e. The first kappa shape index (κ1) is 16.1. The van der Waals surface area contributed by atoms with Crippen LogP contribution < -0.4 is 4.90 Å². The average Bonchev–Trinajstić information content (AvgIpc) is 2.61. The Morgan fingerprint density at radius 2 is 1.50 bits per heavy atom. The van der Waals surface area contributed by atoms with Crippen LogP contribution in [0.2, 0.25) is 0 Å². The smallest absolute Gasteiger partial charge is 0.254 e. The molecule has 0 radical (unpaired) electrons. The van der Waals surface area contributed by atoms with E-state index < -0.39 is 0 Å². The summed E-state index contributed by atoms with van der Waals surface area (Å²) in [5.41, 5.74) is 3.03. The molecule has 3 rings (SSSR count). The molecule has 0 fully saturated rings. The Morgan fingerprint density at radius 1 is 0.833 bits per heavy atom. The van der Waals surface area contributed by atoms with Gasteiger partial charge in [0.2, 0.25) is 0 Å². The largest absolute Gasteiger partial charge is 0.378 e. The molecule has 0 heterocycles. The van der Waals surface area contributed by atoms with Crippen LogP contribution in [-0.2, 0) is 6.54 Å². The molecule has 0 N–H and O–H groups in total. The zero-order valence-electron chi connectivity index (χ0n) is 14.4.